The van der Waals surface area contributed by atoms with Crippen LogP contribution in [0, 0.1) is 6.92 Å². The Morgan fingerprint density at radius 3 is 2.68 bits per heavy atom. The highest BCUT2D eigenvalue weighted by Crippen LogP contribution is 2.29. The van der Waals surface area contributed by atoms with E-state index < -0.39 is 0 Å². The smallest absolute Gasteiger partial charge is 0.238 e. The summed E-state index contributed by atoms with van der Waals surface area (Å²) >= 11 is 3.42. The lowest BCUT2D eigenvalue weighted by atomic mass is 9.88. The van der Waals surface area contributed by atoms with E-state index in [-0.39, 0.29) is 30.9 Å². The van der Waals surface area contributed by atoms with Crippen molar-refractivity contribution in [2.45, 2.75) is 32.2 Å². The van der Waals surface area contributed by atoms with Gasteiger partial charge in [-0.1, -0.05) is 40.2 Å². The molecule has 1 atom stereocenters. The Labute approximate surface area is 174 Å². The maximum atomic E-state index is 12.5. The molecule has 1 unspecified atom stereocenters. The molecule has 6 heteroatoms. The van der Waals surface area contributed by atoms with Gasteiger partial charge in [-0.25, -0.2) is 0 Å². The number of rotatable bonds is 6. The van der Waals surface area contributed by atoms with Crippen LogP contribution < -0.4 is 10.6 Å². The summed E-state index contributed by atoms with van der Waals surface area (Å²) in [7, 11) is 1.78. The van der Waals surface area contributed by atoms with Gasteiger partial charge in [0.15, 0.2) is 0 Å². The van der Waals surface area contributed by atoms with Gasteiger partial charge in [0.05, 0.1) is 19.1 Å². The maximum absolute atomic E-state index is 12.5. The van der Waals surface area contributed by atoms with Gasteiger partial charge in [0, 0.05) is 10.2 Å². The standard InChI is InChI=1S/C22H26BrN3O2/c1-15-12-17(23)10-11-19(15)24-21(27)13-26(2)14-22(28)25-20-9-5-7-16-6-3-4-8-18(16)20/h3-4,6,8,10-12,20H,5,7,9,13-14H2,1-2H3,(H,24,27)(H,25,28). The first-order chi connectivity index (χ1) is 13.4. The summed E-state index contributed by atoms with van der Waals surface area (Å²) in [6.07, 6.45) is 3.10. The lowest BCUT2D eigenvalue weighted by molar-refractivity contribution is -0.123. The first-order valence-electron chi connectivity index (χ1n) is 9.54. The zero-order chi connectivity index (χ0) is 20.1. The van der Waals surface area contributed by atoms with Crippen LogP contribution in [-0.2, 0) is 16.0 Å². The number of carbonyl (C=O) groups is 2. The fourth-order valence-corrected chi connectivity index (χ4v) is 4.12. The summed E-state index contributed by atoms with van der Waals surface area (Å²) in [4.78, 5) is 26.5. The zero-order valence-corrected chi connectivity index (χ0v) is 17.9. The molecule has 1 aliphatic carbocycles. The fraction of sp³-hybridized carbons (Fsp3) is 0.364. The van der Waals surface area contributed by atoms with E-state index in [2.05, 4.69) is 38.7 Å². The van der Waals surface area contributed by atoms with Crippen molar-refractivity contribution in [2.24, 2.45) is 0 Å². The molecular formula is C22H26BrN3O2. The second-order valence-electron chi connectivity index (χ2n) is 7.39. The minimum Gasteiger partial charge on any atom is -0.348 e. The third kappa shape index (κ3) is 5.42. The molecule has 2 amide bonds. The van der Waals surface area contributed by atoms with Crippen LogP contribution in [0.5, 0.6) is 0 Å². The van der Waals surface area contributed by atoms with Crippen molar-refractivity contribution in [3.8, 4) is 0 Å². The van der Waals surface area contributed by atoms with Gasteiger partial charge in [-0.05, 0) is 68.1 Å². The Balaban J connectivity index is 1.50. The van der Waals surface area contributed by atoms with Gasteiger partial charge in [-0.15, -0.1) is 0 Å². The van der Waals surface area contributed by atoms with E-state index >= 15 is 0 Å². The molecule has 0 saturated heterocycles. The molecular weight excluding hydrogens is 418 g/mol. The number of benzene rings is 2. The van der Waals surface area contributed by atoms with Crippen LogP contribution in [0.4, 0.5) is 5.69 Å². The molecule has 5 nitrogen and oxygen atoms in total. The second kappa shape index (κ2) is 9.34. The van der Waals surface area contributed by atoms with Gasteiger partial charge in [-0.3, -0.25) is 14.5 Å². The molecule has 2 aromatic rings. The molecule has 0 radical (unpaired) electrons. The number of nitrogens with zero attached hydrogens (tertiary/aromatic N) is 1. The molecule has 0 fully saturated rings. The number of nitrogens with one attached hydrogen (secondary N) is 2. The number of carbonyl (C=O) groups excluding carboxylic acids is 2. The molecule has 0 aliphatic heterocycles. The van der Waals surface area contributed by atoms with Crippen LogP contribution in [0.15, 0.2) is 46.9 Å². The second-order valence-corrected chi connectivity index (χ2v) is 8.31. The summed E-state index contributed by atoms with van der Waals surface area (Å²) in [5.41, 5.74) is 4.30. The summed E-state index contributed by atoms with van der Waals surface area (Å²) in [6, 6.07) is 14.1. The predicted molar refractivity (Wildman–Crippen MR) is 115 cm³/mol. The Morgan fingerprint density at radius 2 is 1.89 bits per heavy atom. The van der Waals surface area contributed by atoms with Crippen molar-refractivity contribution in [1.29, 1.82) is 0 Å². The number of hydrogen-bond acceptors (Lipinski definition) is 3. The minimum absolute atomic E-state index is 0.0585. The average Bonchev–Trinajstić information content (AvgIpc) is 2.64. The Hall–Kier alpha value is -2.18. The van der Waals surface area contributed by atoms with E-state index in [1.807, 2.05) is 37.3 Å². The molecule has 0 spiro atoms. The molecule has 1 aliphatic rings. The molecule has 0 bridgehead atoms. The highest BCUT2D eigenvalue weighted by Gasteiger charge is 2.22. The van der Waals surface area contributed by atoms with E-state index in [9.17, 15) is 9.59 Å². The fourth-order valence-electron chi connectivity index (χ4n) is 3.65. The Bertz CT molecular complexity index is 869. The minimum atomic E-state index is -0.135. The van der Waals surface area contributed by atoms with Gasteiger partial charge in [0.25, 0.3) is 0 Å². The molecule has 148 valence electrons. The number of amides is 2. The van der Waals surface area contributed by atoms with Crippen molar-refractivity contribution in [1.82, 2.24) is 10.2 Å². The summed E-state index contributed by atoms with van der Waals surface area (Å²) in [6.45, 7) is 2.29. The number of halogens is 1. The van der Waals surface area contributed by atoms with Crippen molar-refractivity contribution in [3.63, 3.8) is 0 Å². The molecule has 0 heterocycles. The van der Waals surface area contributed by atoms with Gasteiger partial charge < -0.3 is 10.6 Å². The van der Waals surface area contributed by atoms with Crippen LogP contribution in [0.3, 0.4) is 0 Å². The van der Waals surface area contributed by atoms with Crippen molar-refractivity contribution in [2.75, 3.05) is 25.5 Å². The third-order valence-corrected chi connectivity index (χ3v) is 5.49. The number of hydrogen-bond donors (Lipinski definition) is 2. The lowest BCUT2D eigenvalue weighted by Crippen LogP contribution is -2.40. The quantitative estimate of drug-likeness (QED) is 0.712. The van der Waals surface area contributed by atoms with Crippen LogP contribution in [0.25, 0.3) is 0 Å². The third-order valence-electron chi connectivity index (χ3n) is 4.99. The van der Waals surface area contributed by atoms with Crippen LogP contribution in [0.1, 0.15) is 35.6 Å². The summed E-state index contributed by atoms with van der Waals surface area (Å²) in [5.74, 6) is -0.194. The van der Waals surface area contributed by atoms with Crippen molar-refractivity contribution < 1.29 is 9.59 Å². The molecule has 0 aromatic heterocycles. The SMILES string of the molecule is Cc1cc(Br)ccc1NC(=O)CN(C)CC(=O)NC1CCCc2ccccc21. The van der Waals surface area contributed by atoms with E-state index in [4.69, 9.17) is 0 Å². The lowest BCUT2D eigenvalue weighted by Gasteiger charge is -2.27. The molecule has 3 rings (SSSR count). The average molecular weight is 444 g/mol. The van der Waals surface area contributed by atoms with Gasteiger partial charge in [0.2, 0.25) is 11.8 Å². The first-order valence-corrected chi connectivity index (χ1v) is 10.3. The molecule has 2 aromatic carbocycles. The largest absolute Gasteiger partial charge is 0.348 e. The number of fused-ring (bicyclic) bond motifs is 1. The highest BCUT2D eigenvalue weighted by molar-refractivity contribution is 9.10. The number of aryl methyl sites for hydroxylation is 2. The maximum Gasteiger partial charge on any atom is 0.238 e. The topological polar surface area (TPSA) is 61.4 Å². The van der Waals surface area contributed by atoms with Gasteiger partial charge in [0.1, 0.15) is 0 Å². The summed E-state index contributed by atoms with van der Waals surface area (Å²) < 4.78 is 0.973. The normalized spacial score (nSPS) is 15.8. The van der Waals surface area contributed by atoms with Gasteiger partial charge in [-0.2, -0.15) is 0 Å². The Morgan fingerprint density at radius 1 is 1.14 bits per heavy atom. The van der Waals surface area contributed by atoms with E-state index in [1.54, 1.807) is 11.9 Å². The molecule has 0 saturated carbocycles. The number of anilines is 1. The van der Waals surface area contributed by atoms with Crippen LogP contribution in [0.2, 0.25) is 0 Å². The van der Waals surface area contributed by atoms with Crippen LogP contribution >= 0.6 is 15.9 Å². The highest BCUT2D eigenvalue weighted by atomic mass is 79.9. The van der Waals surface area contributed by atoms with E-state index in [0.717, 1.165) is 35.0 Å². The molecule has 28 heavy (non-hydrogen) atoms. The van der Waals surface area contributed by atoms with Crippen LogP contribution in [-0.4, -0.2) is 36.9 Å². The van der Waals surface area contributed by atoms with Gasteiger partial charge >= 0.3 is 0 Å². The monoisotopic (exact) mass is 443 g/mol. The number of likely N-dealkylation sites (N-methyl/N-ethyl adjacent to an activating group) is 1. The zero-order valence-electron chi connectivity index (χ0n) is 16.3. The van der Waals surface area contributed by atoms with E-state index in [0.29, 0.717) is 0 Å². The van der Waals surface area contributed by atoms with E-state index in [1.165, 1.54) is 11.1 Å². The Kier molecular flexibility index (Phi) is 6.86. The predicted octanol–water partition coefficient (Wildman–Crippen LogP) is 3.82. The molecule has 2 N–H and O–H groups in total. The van der Waals surface area contributed by atoms with Crippen molar-refractivity contribution in [3.05, 3.63) is 63.6 Å². The summed E-state index contributed by atoms with van der Waals surface area (Å²) in [5, 5.41) is 6.03. The van der Waals surface area contributed by atoms with Crippen molar-refractivity contribution >= 4 is 33.4 Å². The first kappa shape index (κ1) is 20.6.